The molecule has 2 N–H and O–H groups in total. The Balaban J connectivity index is 3.67. The van der Waals surface area contributed by atoms with E-state index in [0.29, 0.717) is 30.8 Å². The molecule has 0 aromatic rings. The topological polar surface area (TPSA) is 218 Å². The van der Waals surface area contributed by atoms with Gasteiger partial charge < -0.3 is 62.1 Å². The molecule has 44 heavy (non-hydrogen) atoms. The normalized spacial score (nSPS) is 11.5. The van der Waals surface area contributed by atoms with Gasteiger partial charge in [0.25, 0.3) is 0 Å². The number of aliphatic hydroxyl groups excluding tert-OH is 1. The number of hydrogen-bond donors (Lipinski definition) is 2. The Labute approximate surface area is 255 Å². The Morgan fingerprint density at radius 2 is 1.02 bits per heavy atom. The van der Waals surface area contributed by atoms with Crippen molar-refractivity contribution in [1.29, 1.82) is 0 Å². The lowest BCUT2D eigenvalue weighted by molar-refractivity contribution is -0.891. The highest BCUT2D eigenvalue weighted by molar-refractivity contribution is 5.86. The van der Waals surface area contributed by atoms with Crippen LogP contribution >= 0.6 is 0 Å². The zero-order chi connectivity index (χ0) is 33.2. The first-order valence-electron chi connectivity index (χ1n) is 13.5. The zero-order valence-electron chi connectivity index (χ0n) is 25.4. The Hall–Kier alpha value is -3.87. The molecule has 0 aliphatic carbocycles. The van der Waals surface area contributed by atoms with Gasteiger partial charge in [0.1, 0.15) is 59.3 Å². The van der Waals surface area contributed by atoms with Crippen LogP contribution in [-0.2, 0) is 52.2 Å². The monoisotopic (exact) mass is 642 g/mol. The minimum Gasteiger partial charge on any atom is -0.462 e. The maximum atomic E-state index is 11.6. The number of carbonyl (C=O) groups excluding carboxylic acids is 4. The predicted octanol–water partition coefficient (Wildman–Crippen LogP) is 1.12. The van der Waals surface area contributed by atoms with Crippen molar-refractivity contribution < 1.29 is 86.0 Å². The fourth-order valence-corrected chi connectivity index (χ4v) is 2.59. The summed E-state index contributed by atoms with van der Waals surface area (Å²) in [5.74, 6) is -0.585. The van der Waals surface area contributed by atoms with Crippen LogP contribution in [-0.4, -0.2) is 158 Å². The van der Waals surface area contributed by atoms with Crippen LogP contribution in [0.1, 0.15) is 13.3 Å². The van der Waals surface area contributed by atoms with Crippen LogP contribution < -0.4 is 0 Å². The number of aliphatic hydroxyl groups is 1. The maximum Gasteiger partial charge on any atom is 0.508 e. The lowest BCUT2D eigenvalue weighted by Crippen LogP contribution is -2.44. The van der Waals surface area contributed by atoms with Gasteiger partial charge in [0.2, 0.25) is 0 Å². The lowest BCUT2D eigenvalue weighted by Gasteiger charge is -2.29. The maximum absolute atomic E-state index is 11.6. The van der Waals surface area contributed by atoms with Gasteiger partial charge in [-0.05, 0) is 6.92 Å². The highest BCUT2D eigenvalue weighted by atomic mass is 16.8. The number of carbonyl (C=O) groups is 5. The zero-order valence-corrected chi connectivity index (χ0v) is 25.4. The van der Waals surface area contributed by atoms with Crippen molar-refractivity contribution in [2.24, 2.45) is 0 Å². The first-order chi connectivity index (χ1) is 20.8. The van der Waals surface area contributed by atoms with Gasteiger partial charge >= 0.3 is 30.6 Å². The molecule has 0 aromatic heterocycles. The molecule has 18 heteroatoms. The van der Waals surface area contributed by atoms with Crippen LogP contribution in [0.5, 0.6) is 0 Å². The van der Waals surface area contributed by atoms with E-state index in [2.05, 4.69) is 16.1 Å². The van der Waals surface area contributed by atoms with Crippen LogP contribution in [0, 0.1) is 0 Å². The van der Waals surface area contributed by atoms with Crippen molar-refractivity contribution in [1.82, 2.24) is 0 Å². The minimum absolute atomic E-state index is 0.0266. The molecule has 0 aliphatic rings. The van der Waals surface area contributed by atoms with Gasteiger partial charge in [-0.3, -0.25) is 0 Å². The highest BCUT2D eigenvalue weighted by Crippen LogP contribution is 2.00. The van der Waals surface area contributed by atoms with Gasteiger partial charge in [-0.25, -0.2) is 24.0 Å². The van der Waals surface area contributed by atoms with Crippen molar-refractivity contribution in [2.45, 2.75) is 19.4 Å². The number of rotatable bonds is 24. The first kappa shape index (κ1) is 40.1. The molecule has 0 amide bonds. The third-order valence-electron chi connectivity index (χ3n) is 5.06. The number of nitrogens with zero attached hydrogens (tertiary/aromatic N) is 1. The summed E-state index contributed by atoms with van der Waals surface area (Å²) in [5, 5.41) is 18.0. The van der Waals surface area contributed by atoms with Crippen LogP contribution in [0.15, 0.2) is 12.2 Å². The number of likely N-dealkylation sites (N-methyl/N-ethyl adjacent to an activating group) is 1. The lowest BCUT2D eigenvalue weighted by atomic mass is 10.3. The van der Waals surface area contributed by atoms with Gasteiger partial charge in [0, 0.05) is 12.0 Å². The van der Waals surface area contributed by atoms with Crippen LogP contribution in [0.4, 0.5) is 19.2 Å². The molecule has 0 bridgehead atoms. The van der Waals surface area contributed by atoms with E-state index < -0.39 is 36.7 Å². The number of carboxylic acid groups (broad SMARTS) is 1. The largest absolute Gasteiger partial charge is 0.508 e. The summed E-state index contributed by atoms with van der Waals surface area (Å²) in [6.07, 6.45) is -5.47. The summed E-state index contributed by atoms with van der Waals surface area (Å²) >= 11 is 0. The molecule has 0 radical (unpaired) electrons. The quantitative estimate of drug-likeness (QED) is 0.0495. The second-order valence-corrected chi connectivity index (χ2v) is 9.38. The third-order valence-corrected chi connectivity index (χ3v) is 5.06. The fourth-order valence-electron chi connectivity index (χ4n) is 2.59. The first-order valence-corrected chi connectivity index (χ1v) is 13.5. The molecule has 0 heterocycles. The van der Waals surface area contributed by atoms with Gasteiger partial charge in [-0.1, -0.05) is 6.58 Å². The summed E-state index contributed by atoms with van der Waals surface area (Å²) in [5.41, 5.74) is 0.227. The van der Waals surface area contributed by atoms with Crippen molar-refractivity contribution >= 4 is 30.6 Å². The van der Waals surface area contributed by atoms with Gasteiger partial charge in [-0.2, -0.15) is 0 Å². The SMILES string of the molecule is C=C(C)C(=O)OCCC(O)COC(=O)OCCOC(=O)OCCOCC[N+](C)(C)CCOCCOC(=O)OCCOC(=O)O. The third kappa shape index (κ3) is 25.8. The van der Waals surface area contributed by atoms with Crippen molar-refractivity contribution in [3.8, 4) is 0 Å². The summed E-state index contributed by atoms with van der Waals surface area (Å²) in [4.78, 5) is 55.7. The Morgan fingerprint density at radius 1 is 0.614 bits per heavy atom. The van der Waals surface area contributed by atoms with Gasteiger partial charge in [0.05, 0.1) is 53.2 Å². The van der Waals surface area contributed by atoms with E-state index in [9.17, 15) is 29.1 Å². The molecule has 0 aromatic carbocycles. The average Bonchev–Trinajstić information content (AvgIpc) is 2.95. The molecule has 1 unspecified atom stereocenters. The molecule has 0 fully saturated rings. The van der Waals surface area contributed by atoms with Crippen molar-refractivity contribution in [3.63, 3.8) is 0 Å². The van der Waals surface area contributed by atoms with E-state index in [0.717, 1.165) is 0 Å². The predicted molar refractivity (Wildman–Crippen MR) is 146 cm³/mol. The summed E-state index contributed by atoms with van der Waals surface area (Å²) < 4.78 is 48.8. The summed E-state index contributed by atoms with van der Waals surface area (Å²) in [6, 6.07) is 0. The Bertz CT molecular complexity index is 879. The Kier molecular flexibility index (Phi) is 22.4. The molecule has 0 saturated heterocycles. The van der Waals surface area contributed by atoms with Crippen molar-refractivity contribution in [2.75, 3.05) is 106 Å². The minimum atomic E-state index is -1.46. The molecule has 1 atom stereocenters. The van der Waals surface area contributed by atoms with E-state index in [1.165, 1.54) is 6.92 Å². The van der Waals surface area contributed by atoms with E-state index in [4.69, 9.17) is 43.0 Å². The van der Waals surface area contributed by atoms with E-state index >= 15 is 0 Å². The van der Waals surface area contributed by atoms with E-state index in [1.807, 2.05) is 14.1 Å². The second kappa shape index (κ2) is 24.6. The summed E-state index contributed by atoms with van der Waals surface area (Å²) in [7, 11) is 3.94. The van der Waals surface area contributed by atoms with E-state index in [-0.39, 0.29) is 78.1 Å². The molecule has 254 valence electrons. The molecule has 0 rings (SSSR count). The van der Waals surface area contributed by atoms with Gasteiger partial charge in [0.15, 0.2) is 0 Å². The molecular weight excluding hydrogens is 598 g/mol. The number of quaternary nitrogens is 1. The number of ether oxygens (including phenoxy) is 10. The van der Waals surface area contributed by atoms with Crippen molar-refractivity contribution in [3.05, 3.63) is 12.2 Å². The number of esters is 1. The summed E-state index contributed by atoms with van der Waals surface area (Å²) in [6.45, 7) is 5.65. The van der Waals surface area contributed by atoms with Crippen LogP contribution in [0.3, 0.4) is 0 Å². The van der Waals surface area contributed by atoms with E-state index in [1.54, 1.807) is 0 Å². The molecule has 0 aliphatic heterocycles. The molecule has 0 saturated carbocycles. The molecular formula is C26H44NO17+. The molecule has 0 spiro atoms. The van der Waals surface area contributed by atoms with Gasteiger partial charge in [-0.15, -0.1) is 0 Å². The fraction of sp³-hybridized carbons (Fsp3) is 0.731. The Morgan fingerprint density at radius 3 is 1.45 bits per heavy atom. The second-order valence-electron chi connectivity index (χ2n) is 9.38. The van der Waals surface area contributed by atoms with Crippen LogP contribution in [0.25, 0.3) is 0 Å². The molecule has 18 nitrogen and oxygen atoms in total. The highest BCUT2D eigenvalue weighted by Gasteiger charge is 2.15. The van der Waals surface area contributed by atoms with Crippen LogP contribution in [0.2, 0.25) is 0 Å². The standard InChI is InChI=1S/C26H43NO17/c1-20(2)22(29)37-8-5-21(28)19-44-26(34)43-18-17-42-25(33)40-14-12-36-10-7-27(3,4)6-9-35-11-13-39-24(32)41-16-15-38-23(30)31/h21,28H,1,5-19H2,2-4H3/p+1. The number of hydrogen-bond acceptors (Lipinski definition) is 16. The smallest absolute Gasteiger partial charge is 0.462 e. The average molecular weight is 643 g/mol.